The van der Waals surface area contributed by atoms with Crippen molar-refractivity contribution in [2.75, 3.05) is 64.1 Å². The van der Waals surface area contributed by atoms with Gasteiger partial charge in [0.25, 0.3) is 8.32 Å². The minimum atomic E-state index is -2.78. The molecule has 3 aromatic carbocycles. The zero-order valence-corrected chi connectivity index (χ0v) is 41.0. The van der Waals surface area contributed by atoms with Gasteiger partial charge in [-0.3, -0.25) is 9.88 Å². The van der Waals surface area contributed by atoms with E-state index in [1.807, 2.05) is 34.8 Å². The second kappa shape index (κ2) is 19.1. The van der Waals surface area contributed by atoms with Crippen molar-refractivity contribution < 1.29 is 28.1 Å². The number of alkyl halides is 1. The van der Waals surface area contributed by atoms with Crippen LogP contribution in [0.2, 0.25) is 10.1 Å². The van der Waals surface area contributed by atoms with Gasteiger partial charge in [0.1, 0.15) is 18.6 Å². The van der Waals surface area contributed by atoms with Crippen molar-refractivity contribution in [1.29, 1.82) is 0 Å². The Labute approximate surface area is 398 Å². The van der Waals surface area contributed by atoms with Crippen LogP contribution in [0.15, 0.2) is 79.0 Å². The maximum absolute atomic E-state index is 14.9. The van der Waals surface area contributed by atoms with Crippen LogP contribution in [0.1, 0.15) is 83.2 Å². The normalized spacial score (nSPS) is 23.0. The van der Waals surface area contributed by atoms with E-state index in [-0.39, 0.29) is 29.4 Å². The highest BCUT2D eigenvalue weighted by Crippen LogP contribution is 2.43. The van der Waals surface area contributed by atoms with Crippen molar-refractivity contribution in [3.8, 4) is 17.3 Å². The fourth-order valence-electron chi connectivity index (χ4n) is 11.5. The van der Waals surface area contributed by atoms with E-state index in [0.717, 1.165) is 71.8 Å². The summed E-state index contributed by atoms with van der Waals surface area (Å²) in [4.78, 5) is 19.8. The fourth-order valence-corrected chi connectivity index (χ4v) is 16.4. The number of ether oxygens (including phenoxy) is 3. The summed E-state index contributed by atoms with van der Waals surface area (Å²) < 4.78 is 42.8. The molecule has 0 radical (unpaired) electrons. The van der Waals surface area contributed by atoms with Crippen LogP contribution < -0.4 is 20.0 Å². The SMILES string of the molecule is Cc1nc(-c2c(CCCO[Si](c3ccccc3)(c3ccccc3)C(C)(C)C)c(Cl)cc3c2cnn3C2CCCCO2)cc2nc(OC[C@@]34CCCN3C[C@H](F)C4)nc(N3CCOC[C@@H](O)C3)c12. The Kier molecular flexibility index (Phi) is 13.2. The maximum Gasteiger partial charge on any atom is 0.319 e. The number of hydrogen-bond donors (Lipinski definition) is 1. The lowest BCUT2D eigenvalue weighted by Gasteiger charge is -2.43. The number of pyridine rings is 1. The number of aliphatic hydroxyl groups is 1. The molecule has 0 amide bonds. The lowest BCUT2D eigenvalue weighted by atomic mass is 9.95. The first kappa shape index (κ1) is 46.2. The van der Waals surface area contributed by atoms with E-state index in [1.165, 1.54) is 10.4 Å². The number of anilines is 1. The molecule has 12 nitrogen and oxygen atoms in total. The van der Waals surface area contributed by atoms with Crippen LogP contribution >= 0.6 is 11.6 Å². The predicted octanol–water partition coefficient (Wildman–Crippen LogP) is 8.36. The van der Waals surface area contributed by atoms with E-state index in [1.54, 1.807) is 0 Å². The first-order chi connectivity index (χ1) is 32.4. The molecule has 4 fully saturated rings. The number of fused-ring (bicyclic) bond motifs is 3. The van der Waals surface area contributed by atoms with Gasteiger partial charge >= 0.3 is 6.01 Å². The summed E-state index contributed by atoms with van der Waals surface area (Å²) in [6.45, 7) is 13.2. The van der Waals surface area contributed by atoms with Gasteiger partial charge in [0.15, 0.2) is 6.23 Å². The van der Waals surface area contributed by atoms with Gasteiger partial charge in [-0.15, -0.1) is 0 Å². The number of aromatic nitrogens is 5. The van der Waals surface area contributed by atoms with Crippen molar-refractivity contribution in [1.82, 2.24) is 29.6 Å². The van der Waals surface area contributed by atoms with Crippen LogP contribution in [0.3, 0.4) is 0 Å². The van der Waals surface area contributed by atoms with Crippen LogP contribution in [0.4, 0.5) is 10.2 Å². The summed E-state index contributed by atoms with van der Waals surface area (Å²) in [7, 11) is -2.78. The molecule has 0 spiro atoms. The molecule has 15 heteroatoms. The number of aryl methyl sites for hydroxylation is 1. The molecule has 4 atom stereocenters. The topological polar surface area (TPSA) is 120 Å². The second-order valence-corrected chi connectivity index (χ2v) is 24.7. The molecule has 4 aliphatic rings. The molecule has 10 rings (SSSR count). The zero-order valence-electron chi connectivity index (χ0n) is 39.2. The minimum absolute atomic E-state index is 0.162. The van der Waals surface area contributed by atoms with E-state index in [9.17, 15) is 9.50 Å². The molecule has 1 unspecified atom stereocenters. The first-order valence-electron chi connectivity index (χ1n) is 24.2. The highest BCUT2D eigenvalue weighted by Gasteiger charge is 2.51. The molecule has 4 aliphatic heterocycles. The molecule has 1 N–H and O–H groups in total. The molecule has 6 aromatic rings. The van der Waals surface area contributed by atoms with Crippen LogP contribution in [0, 0.1) is 6.92 Å². The van der Waals surface area contributed by atoms with Crippen LogP contribution in [-0.2, 0) is 20.3 Å². The van der Waals surface area contributed by atoms with Gasteiger partial charge in [0, 0.05) is 55.2 Å². The lowest BCUT2D eigenvalue weighted by molar-refractivity contribution is -0.0366. The van der Waals surface area contributed by atoms with E-state index in [0.29, 0.717) is 87.4 Å². The molecule has 354 valence electrons. The summed E-state index contributed by atoms with van der Waals surface area (Å²) in [5.41, 5.74) is 4.42. The number of aliphatic hydroxyl groups excluding tert-OH is 1. The van der Waals surface area contributed by atoms with E-state index in [2.05, 4.69) is 86.3 Å². The quantitative estimate of drug-likeness (QED) is 0.0889. The molecule has 0 saturated carbocycles. The average molecular weight is 949 g/mol. The van der Waals surface area contributed by atoms with Gasteiger partial charge in [-0.25, -0.2) is 9.07 Å². The molecule has 0 aliphatic carbocycles. The summed E-state index contributed by atoms with van der Waals surface area (Å²) in [6.07, 6.45) is 6.72. The maximum atomic E-state index is 14.9. The Bertz CT molecular complexity index is 2660. The number of nitrogens with zero attached hydrogens (tertiary/aromatic N) is 7. The van der Waals surface area contributed by atoms with Gasteiger partial charge in [-0.05, 0) is 91.5 Å². The third-order valence-corrected chi connectivity index (χ3v) is 19.9. The predicted molar refractivity (Wildman–Crippen MR) is 264 cm³/mol. The van der Waals surface area contributed by atoms with Gasteiger partial charge in [0.05, 0.1) is 58.9 Å². The Morgan fingerprint density at radius 1 is 0.955 bits per heavy atom. The van der Waals surface area contributed by atoms with E-state index >= 15 is 0 Å². The summed E-state index contributed by atoms with van der Waals surface area (Å²) in [5, 5.41) is 20.5. The molecule has 0 bridgehead atoms. The second-order valence-electron chi connectivity index (χ2n) is 20.0. The summed E-state index contributed by atoms with van der Waals surface area (Å²) in [6, 6.07) is 25.7. The van der Waals surface area contributed by atoms with Crippen LogP contribution in [-0.4, -0.2) is 120 Å². The standard InChI is InChI=1S/C52H63ClFN7O5Si/c1-35-47-43(57-50(58-49(47)59-23-26-63-33-37(62)32-59)65-34-52-21-14-22-60(52)31-36(54)29-52)28-44(56-35)48-40(42(53)27-45-41(48)30-55-61(45)46-20-11-12-24-64-46)19-13-25-66-67(51(2,3)4,38-15-7-5-8-16-38)39-17-9-6-10-18-39/h5-10,15-18,27-28,30,36-37,46,62H,11-14,19-26,29,31-34H2,1-4H3/t36-,37+,46?,52+/m1/s1. The van der Waals surface area contributed by atoms with Crippen LogP contribution in [0.5, 0.6) is 6.01 Å². The molecule has 4 saturated heterocycles. The van der Waals surface area contributed by atoms with E-state index < -0.39 is 20.6 Å². The average Bonchev–Trinajstić information content (AvgIpc) is 3.95. The fraction of sp³-hybridized carbons (Fsp3) is 0.500. The van der Waals surface area contributed by atoms with Gasteiger partial charge in [-0.2, -0.15) is 15.1 Å². The summed E-state index contributed by atoms with van der Waals surface area (Å²) >= 11 is 7.50. The molecule has 67 heavy (non-hydrogen) atoms. The van der Waals surface area contributed by atoms with Crippen molar-refractivity contribution in [2.45, 2.75) is 108 Å². The number of hydrogen-bond acceptors (Lipinski definition) is 11. The highest BCUT2D eigenvalue weighted by molar-refractivity contribution is 6.99. The van der Waals surface area contributed by atoms with Gasteiger partial charge in [-0.1, -0.05) is 93.0 Å². The van der Waals surface area contributed by atoms with Gasteiger partial charge in [0.2, 0.25) is 0 Å². The van der Waals surface area contributed by atoms with Crippen molar-refractivity contribution in [2.24, 2.45) is 0 Å². The van der Waals surface area contributed by atoms with Crippen molar-refractivity contribution in [3.63, 3.8) is 0 Å². The summed E-state index contributed by atoms with van der Waals surface area (Å²) in [5.74, 6) is 0.621. The monoisotopic (exact) mass is 947 g/mol. The minimum Gasteiger partial charge on any atom is -0.461 e. The number of benzene rings is 3. The molecular weight excluding hydrogens is 885 g/mol. The van der Waals surface area contributed by atoms with E-state index in [4.69, 9.17) is 50.3 Å². The number of halogens is 2. The lowest BCUT2D eigenvalue weighted by Crippen LogP contribution is -2.66. The largest absolute Gasteiger partial charge is 0.461 e. The van der Waals surface area contributed by atoms with Gasteiger partial charge < -0.3 is 28.6 Å². The third kappa shape index (κ3) is 8.88. The Morgan fingerprint density at radius 2 is 1.73 bits per heavy atom. The number of β-amino-alcohol motifs (C(OH)–C–C–N with tert-alkyl or cyclic N) is 1. The molecule has 7 heterocycles. The Morgan fingerprint density at radius 3 is 2.46 bits per heavy atom. The highest BCUT2D eigenvalue weighted by atomic mass is 35.5. The van der Waals surface area contributed by atoms with Crippen LogP contribution in [0.25, 0.3) is 33.1 Å². The van der Waals surface area contributed by atoms with Crippen molar-refractivity contribution >= 4 is 57.9 Å². The Hall–Kier alpha value is -4.54. The zero-order chi connectivity index (χ0) is 46.3. The first-order valence-corrected chi connectivity index (χ1v) is 26.5. The molecular formula is C52H63ClFN7O5Si. The molecule has 3 aromatic heterocycles. The smallest absolute Gasteiger partial charge is 0.319 e. The van der Waals surface area contributed by atoms with Crippen molar-refractivity contribution in [3.05, 3.63) is 95.3 Å². The Balaban J connectivity index is 1.06. The number of rotatable bonds is 13. The third-order valence-electron chi connectivity index (χ3n) is 14.5.